The van der Waals surface area contributed by atoms with Crippen LogP contribution in [0.25, 0.3) is 0 Å². The molecule has 1 aromatic carbocycles. The van der Waals surface area contributed by atoms with Crippen molar-refractivity contribution in [3.05, 3.63) is 35.4 Å². The van der Waals surface area contributed by atoms with E-state index in [-0.39, 0.29) is 19.1 Å². The quantitative estimate of drug-likeness (QED) is 0.325. The molecule has 31 heavy (non-hydrogen) atoms. The maximum Gasteiger partial charge on any atom is 0.302 e. The van der Waals surface area contributed by atoms with Gasteiger partial charge in [-0.15, -0.1) is 0 Å². The number of hydrogen-bond donors (Lipinski definition) is 1. The molecule has 0 aliphatic carbocycles. The third kappa shape index (κ3) is 12.2. The van der Waals surface area contributed by atoms with Crippen LogP contribution in [0, 0.1) is 0 Å². The first-order chi connectivity index (χ1) is 14.8. The molecule has 0 fully saturated rings. The highest BCUT2D eigenvalue weighted by molar-refractivity contribution is 5.74. The zero-order valence-corrected chi connectivity index (χ0v) is 19.6. The molecule has 0 bridgehead atoms. The van der Waals surface area contributed by atoms with E-state index in [0.717, 1.165) is 12.0 Å². The second kappa shape index (κ2) is 14.6. The van der Waals surface area contributed by atoms with Crippen LogP contribution in [-0.2, 0) is 36.7 Å². The monoisotopic (exact) mass is 433 g/mol. The van der Waals surface area contributed by atoms with Crippen LogP contribution in [0.1, 0.15) is 83.8 Å². The van der Waals surface area contributed by atoms with Gasteiger partial charge in [0, 0.05) is 20.8 Å². The molecule has 1 aromatic rings. The lowest BCUT2D eigenvalue weighted by Gasteiger charge is -2.33. The Kier molecular flexibility index (Phi) is 12.6. The maximum atomic E-state index is 11.8. The van der Waals surface area contributed by atoms with E-state index in [0.29, 0.717) is 12.8 Å². The SMILES string of the molecule is CCCCCCCCc1cccc(CCC(COC(C)=O)(COC(C)=O)NC(C)=O)c1. The van der Waals surface area contributed by atoms with Gasteiger partial charge in [0.25, 0.3) is 0 Å². The first-order valence-electron chi connectivity index (χ1n) is 11.4. The van der Waals surface area contributed by atoms with Gasteiger partial charge in [-0.1, -0.05) is 63.3 Å². The highest BCUT2D eigenvalue weighted by atomic mass is 16.5. The predicted octanol–water partition coefficient (Wildman–Crippen LogP) is 4.52. The second-order valence-corrected chi connectivity index (χ2v) is 8.36. The lowest BCUT2D eigenvalue weighted by Crippen LogP contribution is -2.55. The minimum absolute atomic E-state index is 0.0490. The molecule has 0 aliphatic heterocycles. The number of aryl methyl sites for hydroxylation is 2. The summed E-state index contributed by atoms with van der Waals surface area (Å²) < 4.78 is 10.4. The van der Waals surface area contributed by atoms with Gasteiger partial charge in [0.05, 0.1) is 0 Å². The second-order valence-electron chi connectivity index (χ2n) is 8.36. The van der Waals surface area contributed by atoms with E-state index in [2.05, 4.69) is 36.5 Å². The lowest BCUT2D eigenvalue weighted by atomic mass is 9.91. The molecule has 0 aromatic heterocycles. The summed E-state index contributed by atoms with van der Waals surface area (Å²) in [6.07, 6.45) is 9.80. The molecular formula is C25H39NO5. The molecule has 0 saturated heterocycles. The molecule has 1 amide bonds. The number of carbonyl (C=O) groups excluding carboxylic acids is 3. The van der Waals surface area contributed by atoms with Gasteiger partial charge < -0.3 is 14.8 Å². The van der Waals surface area contributed by atoms with Crippen LogP contribution < -0.4 is 5.32 Å². The molecule has 174 valence electrons. The number of carbonyl (C=O) groups is 3. The normalized spacial score (nSPS) is 11.1. The van der Waals surface area contributed by atoms with Gasteiger partial charge in [0.2, 0.25) is 5.91 Å². The van der Waals surface area contributed by atoms with Crippen LogP contribution in [0.3, 0.4) is 0 Å². The van der Waals surface area contributed by atoms with E-state index >= 15 is 0 Å². The fraction of sp³-hybridized carbons (Fsp3) is 0.640. The first kappa shape index (κ1) is 26.7. The molecule has 0 unspecified atom stereocenters. The number of hydrogen-bond acceptors (Lipinski definition) is 5. The summed E-state index contributed by atoms with van der Waals surface area (Å²) in [4.78, 5) is 34.6. The minimum Gasteiger partial charge on any atom is -0.463 e. The van der Waals surface area contributed by atoms with Crippen molar-refractivity contribution in [3.63, 3.8) is 0 Å². The maximum absolute atomic E-state index is 11.8. The molecule has 0 radical (unpaired) electrons. The molecule has 6 nitrogen and oxygen atoms in total. The van der Waals surface area contributed by atoms with E-state index in [1.807, 2.05) is 0 Å². The third-order valence-electron chi connectivity index (χ3n) is 5.25. The fourth-order valence-corrected chi connectivity index (χ4v) is 3.61. The van der Waals surface area contributed by atoms with Crippen LogP contribution in [0.2, 0.25) is 0 Å². The number of benzene rings is 1. The Labute approximate surface area is 187 Å². The average Bonchev–Trinajstić information content (AvgIpc) is 2.71. The Morgan fingerprint density at radius 2 is 1.39 bits per heavy atom. The van der Waals surface area contributed by atoms with Crippen molar-refractivity contribution >= 4 is 17.8 Å². The highest BCUT2D eigenvalue weighted by Gasteiger charge is 2.34. The van der Waals surface area contributed by atoms with E-state index < -0.39 is 17.5 Å². The van der Waals surface area contributed by atoms with Crippen molar-refractivity contribution in [1.29, 1.82) is 0 Å². The first-order valence-corrected chi connectivity index (χ1v) is 11.4. The van der Waals surface area contributed by atoms with Gasteiger partial charge in [-0.25, -0.2) is 0 Å². The zero-order chi connectivity index (χ0) is 23.1. The summed E-state index contributed by atoms with van der Waals surface area (Å²) in [5.41, 5.74) is 1.49. The number of rotatable bonds is 15. The molecule has 1 rings (SSSR count). The van der Waals surface area contributed by atoms with Crippen LogP contribution in [0.5, 0.6) is 0 Å². The van der Waals surface area contributed by atoms with Gasteiger partial charge >= 0.3 is 11.9 Å². The standard InChI is InChI=1S/C25H39NO5/c1-5-6-7-8-9-10-12-23-13-11-14-24(17-23)15-16-25(26-20(2)27,18-30-21(3)28)19-31-22(4)29/h11,13-14,17H,5-10,12,15-16,18-19H2,1-4H3,(H,26,27). The Morgan fingerprint density at radius 1 is 0.839 bits per heavy atom. The summed E-state index contributed by atoms with van der Waals surface area (Å²) in [5.74, 6) is -1.16. The van der Waals surface area contributed by atoms with Crippen molar-refractivity contribution < 1.29 is 23.9 Å². The summed E-state index contributed by atoms with van der Waals surface area (Å²) >= 11 is 0. The zero-order valence-electron chi connectivity index (χ0n) is 19.6. The molecule has 0 heterocycles. The van der Waals surface area contributed by atoms with Crippen LogP contribution in [0.15, 0.2) is 24.3 Å². The summed E-state index contributed by atoms with van der Waals surface area (Å²) in [7, 11) is 0. The molecule has 6 heteroatoms. The predicted molar refractivity (Wildman–Crippen MR) is 122 cm³/mol. The van der Waals surface area contributed by atoms with Crippen molar-refractivity contribution in [2.45, 2.75) is 91.0 Å². The fourth-order valence-electron chi connectivity index (χ4n) is 3.61. The topological polar surface area (TPSA) is 81.7 Å². The van der Waals surface area contributed by atoms with E-state index in [4.69, 9.17) is 9.47 Å². The molecular weight excluding hydrogens is 394 g/mol. The molecule has 0 aliphatic rings. The largest absolute Gasteiger partial charge is 0.463 e. The Bertz CT molecular complexity index is 683. The number of amides is 1. The van der Waals surface area contributed by atoms with Crippen LogP contribution in [0.4, 0.5) is 0 Å². The smallest absolute Gasteiger partial charge is 0.302 e. The number of unbranched alkanes of at least 4 members (excludes halogenated alkanes) is 5. The van der Waals surface area contributed by atoms with Crippen molar-refractivity contribution in [2.75, 3.05) is 13.2 Å². The van der Waals surface area contributed by atoms with Crippen LogP contribution in [-0.4, -0.2) is 36.6 Å². The van der Waals surface area contributed by atoms with E-state index in [1.165, 1.54) is 64.9 Å². The van der Waals surface area contributed by atoms with Gasteiger partial charge in [-0.05, 0) is 36.8 Å². The molecule has 0 atom stereocenters. The van der Waals surface area contributed by atoms with Crippen molar-refractivity contribution in [3.8, 4) is 0 Å². The van der Waals surface area contributed by atoms with Gasteiger partial charge in [0.1, 0.15) is 18.8 Å². The highest BCUT2D eigenvalue weighted by Crippen LogP contribution is 2.19. The van der Waals surface area contributed by atoms with Gasteiger partial charge in [-0.3, -0.25) is 14.4 Å². The summed E-state index contributed by atoms with van der Waals surface area (Å²) in [6, 6.07) is 8.46. The third-order valence-corrected chi connectivity index (χ3v) is 5.25. The Hall–Kier alpha value is -2.37. The summed E-state index contributed by atoms with van der Waals surface area (Å²) in [6.45, 7) is 6.16. The summed E-state index contributed by atoms with van der Waals surface area (Å²) in [5, 5.41) is 2.85. The molecule has 1 N–H and O–H groups in total. The number of nitrogens with one attached hydrogen (secondary N) is 1. The molecule has 0 spiro atoms. The number of esters is 2. The van der Waals surface area contributed by atoms with E-state index in [1.54, 1.807) is 0 Å². The average molecular weight is 434 g/mol. The van der Waals surface area contributed by atoms with Crippen LogP contribution >= 0.6 is 0 Å². The van der Waals surface area contributed by atoms with Gasteiger partial charge in [-0.2, -0.15) is 0 Å². The molecule has 0 saturated carbocycles. The lowest BCUT2D eigenvalue weighted by molar-refractivity contribution is -0.150. The number of ether oxygens (including phenoxy) is 2. The van der Waals surface area contributed by atoms with Gasteiger partial charge in [0.15, 0.2) is 0 Å². The van der Waals surface area contributed by atoms with E-state index in [9.17, 15) is 14.4 Å². The Morgan fingerprint density at radius 3 is 1.94 bits per heavy atom. The minimum atomic E-state index is -0.960. The van der Waals surface area contributed by atoms with Crippen molar-refractivity contribution in [2.24, 2.45) is 0 Å². The van der Waals surface area contributed by atoms with Crippen molar-refractivity contribution in [1.82, 2.24) is 5.32 Å². The Balaban J connectivity index is 2.77.